The van der Waals surface area contributed by atoms with E-state index in [1.54, 1.807) is 29.2 Å². The Morgan fingerprint density at radius 3 is 2.20 bits per heavy atom. The number of benzene rings is 2. The first-order valence-electron chi connectivity index (χ1n) is 10.6. The molecule has 1 unspecified atom stereocenters. The topological polar surface area (TPSA) is 52.7 Å². The highest BCUT2D eigenvalue weighted by Gasteiger charge is 2.31. The molecule has 0 spiro atoms. The number of anilines is 1. The first-order valence-corrected chi connectivity index (χ1v) is 10.6. The third-order valence-electron chi connectivity index (χ3n) is 5.63. The van der Waals surface area contributed by atoms with E-state index in [1.165, 1.54) is 6.07 Å². The van der Waals surface area contributed by atoms with Gasteiger partial charge in [0.2, 0.25) is 5.91 Å². The second kappa shape index (κ2) is 9.74. The van der Waals surface area contributed by atoms with Gasteiger partial charge in [-0.1, -0.05) is 45.0 Å². The minimum absolute atomic E-state index is 0.0408. The molecule has 1 atom stereocenters. The second-order valence-corrected chi connectivity index (χ2v) is 8.01. The van der Waals surface area contributed by atoms with Crippen LogP contribution in [-0.2, 0) is 11.2 Å². The molecule has 2 aromatic rings. The molecule has 2 aromatic carbocycles. The number of para-hydroxylation sites is 1. The molecule has 160 valence electrons. The highest BCUT2D eigenvalue weighted by molar-refractivity contribution is 5.97. The van der Waals surface area contributed by atoms with Gasteiger partial charge in [0, 0.05) is 31.7 Å². The molecular weight excluding hydrogens is 381 g/mol. The molecule has 0 aromatic heterocycles. The summed E-state index contributed by atoms with van der Waals surface area (Å²) in [5.74, 6) is -0.619. The number of rotatable bonds is 6. The summed E-state index contributed by atoms with van der Waals surface area (Å²) in [4.78, 5) is 29.5. The molecule has 1 aliphatic rings. The lowest BCUT2D eigenvalue weighted by molar-refractivity contribution is -0.134. The maximum absolute atomic E-state index is 14.0. The summed E-state index contributed by atoms with van der Waals surface area (Å²) in [5, 5.41) is 2.92. The van der Waals surface area contributed by atoms with Gasteiger partial charge in [0.1, 0.15) is 11.9 Å². The van der Waals surface area contributed by atoms with Gasteiger partial charge in [-0.2, -0.15) is 0 Å². The van der Waals surface area contributed by atoms with Gasteiger partial charge >= 0.3 is 0 Å². The van der Waals surface area contributed by atoms with Crippen LogP contribution in [0.25, 0.3) is 0 Å². The van der Waals surface area contributed by atoms with Crippen LogP contribution in [0.1, 0.15) is 36.7 Å². The van der Waals surface area contributed by atoms with E-state index >= 15 is 0 Å². The van der Waals surface area contributed by atoms with Crippen LogP contribution in [0.15, 0.2) is 48.5 Å². The number of aryl methyl sites for hydroxylation is 1. The Balaban J connectivity index is 1.63. The van der Waals surface area contributed by atoms with Crippen molar-refractivity contribution >= 4 is 17.5 Å². The van der Waals surface area contributed by atoms with E-state index in [9.17, 15) is 14.0 Å². The van der Waals surface area contributed by atoms with Crippen molar-refractivity contribution in [1.82, 2.24) is 10.2 Å². The number of hydrogen-bond donors (Lipinski definition) is 1. The van der Waals surface area contributed by atoms with Crippen LogP contribution in [0.5, 0.6) is 0 Å². The monoisotopic (exact) mass is 411 g/mol. The quantitative estimate of drug-likeness (QED) is 0.792. The fraction of sp³-hybridized carbons (Fsp3) is 0.417. The number of piperazine rings is 1. The van der Waals surface area contributed by atoms with Crippen molar-refractivity contribution in [1.29, 1.82) is 0 Å². The normalized spacial score (nSPS) is 15.2. The lowest BCUT2D eigenvalue weighted by Gasteiger charge is -2.38. The maximum Gasteiger partial charge on any atom is 0.251 e. The average Bonchev–Trinajstić information content (AvgIpc) is 2.77. The number of nitrogens with one attached hydrogen (secondary N) is 1. The van der Waals surface area contributed by atoms with E-state index < -0.39 is 6.04 Å². The molecule has 1 N–H and O–H groups in total. The maximum atomic E-state index is 14.0. The summed E-state index contributed by atoms with van der Waals surface area (Å²) in [7, 11) is 0. The van der Waals surface area contributed by atoms with Gasteiger partial charge in [0.25, 0.3) is 5.91 Å². The van der Waals surface area contributed by atoms with Gasteiger partial charge < -0.3 is 15.1 Å². The lowest BCUT2D eigenvalue weighted by Crippen LogP contribution is -2.56. The first kappa shape index (κ1) is 21.8. The largest absolute Gasteiger partial charge is 0.366 e. The molecule has 1 fully saturated rings. The van der Waals surface area contributed by atoms with Crippen LogP contribution >= 0.6 is 0 Å². The number of halogens is 1. The molecule has 5 nitrogen and oxygen atoms in total. The van der Waals surface area contributed by atoms with Crippen molar-refractivity contribution < 1.29 is 14.0 Å². The lowest BCUT2D eigenvalue weighted by atomic mass is 10.0. The summed E-state index contributed by atoms with van der Waals surface area (Å²) in [6.07, 6.45) is 0.911. The molecule has 6 heteroatoms. The Hall–Kier alpha value is -2.89. The minimum Gasteiger partial charge on any atom is -0.366 e. The second-order valence-electron chi connectivity index (χ2n) is 8.01. The number of carbonyl (C=O) groups is 2. The van der Waals surface area contributed by atoms with Gasteiger partial charge in [-0.25, -0.2) is 4.39 Å². The molecule has 2 amide bonds. The standard InChI is InChI=1S/C24H30FN3O2/c1-4-18-9-11-19(12-10-18)23(29)26-22(17(2)3)24(30)28-15-13-27(14-16-28)21-8-6-5-7-20(21)25/h5-12,17,22H,4,13-16H2,1-3H3,(H,26,29). The van der Waals surface area contributed by atoms with Crippen LogP contribution in [0, 0.1) is 11.7 Å². The minimum atomic E-state index is -0.594. The van der Waals surface area contributed by atoms with Crippen molar-refractivity contribution in [2.45, 2.75) is 33.2 Å². The van der Waals surface area contributed by atoms with Crippen LogP contribution in [0.3, 0.4) is 0 Å². The molecule has 0 radical (unpaired) electrons. The summed E-state index contributed by atoms with van der Waals surface area (Å²) in [5.41, 5.74) is 2.28. The van der Waals surface area contributed by atoms with E-state index in [2.05, 4.69) is 12.2 Å². The van der Waals surface area contributed by atoms with E-state index in [4.69, 9.17) is 0 Å². The number of hydrogen-bond acceptors (Lipinski definition) is 3. The molecule has 1 aliphatic heterocycles. The van der Waals surface area contributed by atoms with Crippen LogP contribution in [0.4, 0.5) is 10.1 Å². The van der Waals surface area contributed by atoms with Gasteiger partial charge in [-0.15, -0.1) is 0 Å². The summed E-state index contributed by atoms with van der Waals surface area (Å²) in [6, 6.07) is 13.6. The van der Waals surface area contributed by atoms with E-state index in [0.29, 0.717) is 37.4 Å². The molecule has 1 heterocycles. The van der Waals surface area contributed by atoms with Crippen LogP contribution < -0.4 is 10.2 Å². The Morgan fingerprint density at radius 2 is 1.63 bits per heavy atom. The van der Waals surface area contributed by atoms with Crippen molar-refractivity contribution in [3.63, 3.8) is 0 Å². The van der Waals surface area contributed by atoms with Gasteiger partial charge in [-0.3, -0.25) is 9.59 Å². The Labute approximate surface area is 177 Å². The molecule has 1 saturated heterocycles. The van der Waals surface area contributed by atoms with Gasteiger partial charge in [-0.05, 0) is 42.2 Å². The number of amides is 2. The van der Waals surface area contributed by atoms with E-state index in [-0.39, 0.29) is 23.5 Å². The zero-order chi connectivity index (χ0) is 21.7. The fourth-order valence-corrected chi connectivity index (χ4v) is 3.70. The predicted molar refractivity (Wildman–Crippen MR) is 117 cm³/mol. The number of carbonyl (C=O) groups excluding carboxylic acids is 2. The van der Waals surface area contributed by atoms with E-state index in [0.717, 1.165) is 12.0 Å². The average molecular weight is 412 g/mol. The van der Waals surface area contributed by atoms with Crippen LogP contribution in [0.2, 0.25) is 0 Å². The molecular formula is C24H30FN3O2. The Bertz CT molecular complexity index is 874. The Morgan fingerprint density at radius 1 is 1.00 bits per heavy atom. The third kappa shape index (κ3) is 4.99. The summed E-state index contributed by atoms with van der Waals surface area (Å²) in [6.45, 7) is 8.04. The van der Waals surface area contributed by atoms with Gasteiger partial charge in [0.15, 0.2) is 0 Å². The van der Waals surface area contributed by atoms with Crippen molar-refractivity contribution in [3.05, 3.63) is 65.5 Å². The fourth-order valence-electron chi connectivity index (χ4n) is 3.70. The van der Waals surface area contributed by atoms with Gasteiger partial charge in [0.05, 0.1) is 5.69 Å². The van der Waals surface area contributed by atoms with Crippen molar-refractivity contribution in [2.24, 2.45) is 5.92 Å². The SMILES string of the molecule is CCc1ccc(C(=O)NC(C(=O)N2CCN(c3ccccc3F)CC2)C(C)C)cc1. The number of nitrogens with zero attached hydrogens (tertiary/aromatic N) is 2. The molecule has 0 saturated carbocycles. The zero-order valence-electron chi connectivity index (χ0n) is 17.9. The van der Waals surface area contributed by atoms with Crippen molar-refractivity contribution in [2.75, 3.05) is 31.1 Å². The third-order valence-corrected chi connectivity index (χ3v) is 5.63. The molecule has 30 heavy (non-hydrogen) atoms. The smallest absolute Gasteiger partial charge is 0.251 e. The summed E-state index contributed by atoms with van der Waals surface area (Å²) >= 11 is 0. The Kier molecular flexibility index (Phi) is 7.08. The summed E-state index contributed by atoms with van der Waals surface area (Å²) < 4.78 is 14.0. The van der Waals surface area contributed by atoms with Crippen molar-refractivity contribution in [3.8, 4) is 0 Å². The zero-order valence-corrected chi connectivity index (χ0v) is 17.9. The molecule has 0 aliphatic carbocycles. The van der Waals surface area contributed by atoms with E-state index in [1.807, 2.05) is 36.9 Å². The molecule has 0 bridgehead atoms. The molecule has 3 rings (SSSR count). The highest BCUT2D eigenvalue weighted by atomic mass is 19.1. The highest BCUT2D eigenvalue weighted by Crippen LogP contribution is 2.21. The first-order chi connectivity index (χ1) is 14.4. The predicted octanol–water partition coefficient (Wildman–Crippen LogP) is 3.49. The van der Waals surface area contributed by atoms with Crippen LogP contribution in [-0.4, -0.2) is 48.9 Å².